The summed E-state index contributed by atoms with van der Waals surface area (Å²) in [5.74, 6) is 2.16. The lowest BCUT2D eigenvalue weighted by molar-refractivity contribution is 0.748. The van der Waals surface area contributed by atoms with Crippen molar-refractivity contribution < 1.29 is 0 Å². The zero-order valence-corrected chi connectivity index (χ0v) is 9.61. The van der Waals surface area contributed by atoms with Gasteiger partial charge in [-0.15, -0.1) is 10.2 Å². The fraction of sp³-hybridized carbons (Fsp3) is 0.385. The molecule has 0 spiro atoms. The van der Waals surface area contributed by atoms with Crippen molar-refractivity contribution in [2.75, 3.05) is 11.9 Å². The number of rotatable bonds is 1. The van der Waals surface area contributed by atoms with Crippen molar-refractivity contribution in [2.24, 2.45) is 0 Å². The van der Waals surface area contributed by atoms with Gasteiger partial charge >= 0.3 is 0 Å². The summed E-state index contributed by atoms with van der Waals surface area (Å²) in [7, 11) is 0. The highest BCUT2D eigenvalue weighted by atomic mass is 15.3. The Hall–Kier alpha value is -1.84. The molecule has 86 valence electrons. The molecule has 0 aliphatic carbocycles. The molecule has 2 aliphatic heterocycles. The number of fused-ring (bicyclic) bond motifs is 2. The molecule has 4 heteroatoms. The van der Waals surface area contributed by atoms with E-state index in [1.807, 2.05) is 0 Å². The first-order valence-electron chi connectivity index (χ1n) is 6.21. The lowest BCUT2D eigenvalue weighted by Gasteiger charge is -2.05. The second-order valence-corrected chi connectivity index (χ2v) is 4.74. The molecular weight excluding hydrogens is 212 g/mol. The fourth-order valence-corrected chi connectivity index (χ4v) is 2.79. The molecule has 0 saturated carbocycles. The van der Waals surface area contributed by atoms with Crippen LogP contribution in [0.1, 0.15) is 17.8 Å². The van der Waals surface area contributed by atoms with Crippen LogP contribution in [0.3, 0.4) is 0 Å². The Morgan fingerprint density at radius 2 is 2.18 bits per heavy atom. The van der Waals surface area contributed by atoms with Gasteiger partial charge in [0.2, 0.25) is 0 Å². The molecule has 1 N–H and O–H groups in total. The molecule has 4 rings (SSSR count). The third-order valence-electron chi connectivity index (χ3n) is 3.69. The maximum Gasteiger partial charge on any atom is 0.164 e. The van der Waals surface area contributed by atoms with Gasteiger partial charge in [0.1, 0.15) is 5.82 Å². The lowest BCUT2D eigenvalue weighted by atomic mass is 10.1. The number of hydrogen-bond donors (Lipinski definition) is 1. The highest BCUT2D eigenvalue weighted by Crippen LogP contribution is 2.29. The number of anilines is 1. The van der Waals surface area contributed by atoms with Gasteiger partial charge in [-0.05, 0) is 24.5 Å². The molecule has 1 aromatic heterocycles. The highest BCUT2D eigenvalue weighted by Gasteiger charge is 2.19. The molecular formula is C13H14N4. The van der Waals surface area contributed by atoms with Crippen LogP contribution >= 0.6 is 0 Å². The number of hydrogen-bond acceptors (Lipinski definition) is 3. The van der Waals surface area contributed by atoms with Crippen molar-refractivity contribution in [1.82, 2.24) is 14.8 Å². The van der Waals surface area contributed by atoms with Crippen LogP contribution in [0.2, 0.25) is 0 Å². The number of aryl methyl sites for hydroxylation is 1. The van der Waals surface area contributed by atoms with Gasteiger partial charge < -0.3 is 9.88 Å². The predicted octanol–water partition coefficient (Wildman–Crippen LogP) is 1.86. The Morgan fingerprint density at radius 1 is 1.18 bits per heavy atom. The van der Waals surface area contributed by atoms with Gasteiger partial charge in [0.25, 0.3) is 0 Å². The van der Waals surface area contributed by atoms with Gasteiger partial charge in [-0.1, -0.05) is 12.1 Å². The first-order valence-corrected chi connectivity index (χ1v) is 6.21. The van der Waals surface area contributed by atoms with E-state index in [-0.39, 0.29) is 0 Å². The summed E-state index contributed by atoms with van der Waals surface area (Å²) in [4.78, 5) is 0. The molecule has 0 saturated heterocycles. The second kappa shape index (κ2) is 3.32. The Labute approximate surface area is 99.7 Å². The highest BCUT2D eigenvalue weighted by molar-refractivity contribution is 5.67. The molecule has 17 heavy (non-hydrogen) atoms. The minimum atomic E-state index is 1.02. The smallest absolute Gasteiger partial charge is 0.164 e. The summed E-state index contributed by atoms with van der Waals surface area (Å²) in [6.07, 6.45) is 3.39. The van der Waals surface area contributed by atoms with Crippen molar-refractivity contribution in [3.8, 4) is 11.4 Å². The number of nitrogens with one attached hydrogen (secondary N) is 1. The van der Waals surface area contributed by atoms with E-state index in [2.05, 4.69) is 38.3 Å². The zero-order valence-electron chi connectivity index (χ0n) is 9.61. The number of nitrogens with zero attached hydrogens (tertiary/aromatic N) is 3. The molecule has 3 heterocycles. The Morgan fingerprint density at radius 3 is 3.18 bits per heavy atom. The van der Waals surface area contributed by atoms with Gasteiger partial charge in [-0.3, -0.25) is 0 Å². The van der Waals surface area contributed by atoms with Crippen molar-refractivity contribution in [3.05, 3.63) is 29.6 Å². The van der Waals surface area contributed by atoms with Crippen LogP contribution in [0, 0.1) is 0 Å². The van der Waals surface area contributed by atoms with Crippen LogP contribution in [-0.2, 0) is 19.4 Å². The Balaban J connectivity index is 1.84. The monoisotopic (exact) mass is 226 g/mol. The second-order valence-electron chi connectivity index (χ2n) is 4.74. The molecule has 0 atom stereocenters. The van der Waals surface area contributed by atoms with E-state index in [1.165, 1.54) is 23.2 Å². The first kappa shape index (κ1) is 9.22. The van der Waals surface area contributed by atoms with Gasteiger partial charge in [0.05, 0.1) is 0 Å². The molecule has 2 aliphatic rings. The molecule has 0 radical (unpaired) electrons. The van der Waals surface area contributed by atoms with E-state index in [4.69, 9.17) is 0 Å². The van der Waals surface area contributed by atoms with Gasteiger partial charge in [-0.2, -0.15) is 0 Å². The maximum atomic E-state index is 4.32. The molecule has 2 aromatic rings. The Bertz CT molecular complexity index is 585. The van der Waals surface area contributed by atoms with Gasteiger partial charge in [-0.25, -0.2) is 0 Å². The minimum absolute atomic E-state index is 1.02. The van der Waals surface area contributed by atoms with Crippen LogP contribution in [0.25, 0.3) is 11.4 Å². The maximum absolute atomic E-state index is 4.32. The number of aromatic nitrogens is 3. The van der Waals surface area contributed by atoms with E-state index in [9.17, 15) is 0 Å². The lowest BCUT2D eigenvalue weighted by Crippen LogP contribution is -1.97. The Kier molecular flexibility index (Phi) is 1.80. The van der Waals surface area contributed by atoms with Crippen LogP contribution < -0.4 is 5.32 Å². The third kappa shape index (κ3) is 1.30. The molecule has 0 unspecified atom stereocenters. The molecule has 0 bridgehead atoms. The van der Waals surface area contributed by atoms with Crippen molar-refractivity contribution >= 4 is 5.69 Å². The average Bonchev–Trinajstić information content (AvgIpc) is 3.03. The topological polar surface area (TPSA) is 42.7 Å². The van der Waals surface area contributed by atoms with Crippen molar-refractivity contribution in [3.63, 3.8) is 0 Å². The van der Waals surface area contributed by atoms with Gasteiger partial charge in [0.15, 0.2) is 5.82 Å². The van der Waals surface area contributed by atoms with E-state index in [0.29, 0.717) is 0 Å². The average molecular weight is 226 g/mol. The van der Waals surface area contributed by atoms with E-state index in [1.54, 1.807) is 0 Å². The summed E-state index contributed by atoms with van der Waals surface area (Å²) in [6, 6.07) is 6.58. The van der Waals surface area contributed by atoms with E-state index in [0.717, 1.165) is 37.6 Å². The normalized spacial score (nSPS) is 16.7. The minimum Gasteiger partial charge on any atom is -0.384 e. The van der Waals surface area contributed by atoms with Crippen molar-refractivity contribution in [1.29, 1.82) is 0 Å². The molecule has 1 aromatic carbocycles. The SMILES string of the molecule is c1cc2c(cc1-c1nnc3n1CCC3)NCC2. The summed E-state index contributed by atoms with van der Waals surface area (Å²) < 4.78 is 2.25. The largest absolute Gasteiger partial charge is 0.384 e. The number of benzene rings is 1. The third-order valence-corrected chi connectivity index (χ3v) is 3.69. The zero-order chi connectivity index (χ0) is 11.2. The van der Waals surface area contributed by atoms with Crippen LogP contribution in [-0.4, -0.2) is 21.3 Å². The van der Waals surface area contributed by atoms with Gasteiger partial charge in [0, 0.05) is 30.8 Å². The molecule has 4 nitrogen and oxygen atoms in total. The molecule has 0 fully saturated rings. The summed E-state index contributed by atoms with van der Waals surface area (Å²) >= 11 is 0. The summed E-state index contributed by atoms with van der Waals surface area (Å²) in [5.41, 5.74) is 3.85. The van der Waals surface area contributed by atoms with E-state index < -0.39 is 0 Å². The predicted molar refractivity (Wildman–Crippen MR) is 66.0 cm³/mol. The quantitative estimate of drug-likeness (QED) is 0.807. The fourth-order valence-electron chi connectivity index (χ4n) is 2.79. The summed E-state index contributed by atoms with van der Waals surface area (Å²) in [6.45, 7) is 2.11. The molecule has 0 amide bonds. The van der Waals surface area contributed by atoms with Crippen molar-refractivity contribution in [2.45, 2.75) is 25.8 Å². The summed E-state index contributed by atoms with van der Waals surface area (Å²) in [5, 5.41) is 12.0. The van der Waals surface area contributed by atoms with E-state index >= 15 is 0 Å². The standard InChI is InChI=1S/C13H14N4/c1-2-12-15-16-13(17(12)7-1)10-4-3-9-5-6-14-11(9)8-10/h3-4,8,14H,1-2,5-7H2. The van der Waals surface area contributed by atoms with Crippen LogP contribution in [0.15, 0.2) is 18.2 Å². The van der Waals surface area contributed by atoms with Crippen LogP contribution in [0.4, 0.5) is 5.69 Å². The van der Waals surface area contributed by atoms with Crippen LogP contribution in [0.5, 0.6) is 0 Å². The first-order chi connectivity index (χ1) is 8.42.